The van der Waals surface area contributed by atoms with Gasteiger partial charge in [0.05, 0.1) is 6.61 Å². The minimum Gasteiger partial charge on any atom is -0.494 e. The molecule has 0 atom stereocenters. The summed E-state index contributed by atoms with van der Waals surface area (Å²) in [6.07, 6.45) is 3.09. The van der Waals surface area contributed by atoms with E-state index in [2.05, 4.69) is 0 Å². The lowest BCUT2D eigenvalue weighted by molar-refractivity contribution is -0.145. The van der Waals surface area contributed by atoms with Gasteiger partial charge in [0.2, 0.25) is 0 Å². The topological polar surface area (TPSA) is 55.8 Å². The van der Waals surface area contributed by atoms with Crippen LogP contribution in [0, 0.1) is 0 Å². The van der Waals surface area contributed by atoms with E-state index in [4.69, 9.17) is 9.47 Å². The molecule has 0 N–H and O–H groups in total. The third-order valence-corrected chi connectivity index (χ3v) is 4.53. The number of ether oxygens (including phenoxy) is 2. The normalized spacial score (nSPS) is 13.4. The SMILES string of the molecule is O=C(CCCOc1ccccc1)OCc1ccc(C(=O)N2CCCC2)cc1. The van der Waals surface area contributed by atoms with Crippen molar-refractivity contribution >= 4 is 11.9 Å². The first-order valence-corrected chi connectivity index (χ1v) is 9.44. The van der Waals surface area contributed by atoms with Crippen molar-refractivity contribution in [3.63, 3.8) is 0 Å². The average molecular weight is 367 g/mol. The molecule has 0 bridgehead atoms. The fraction of sp³-hybridized carbons (Fsp3) is 0.364. The Morgan fingerprint density at radius 3 is 2.33 bits per heavy atom. The van der Waals surface area contributed by atoms with Crippen LogP contribution >= 0.6 is 0 Å². The summed E-state index contributed by atoms with van der Waals surface area (Å²) in [6.45, 7) is 2.38. The molecule has 1 fully saturated rings. The van der Waals surface area contributed by atoms with Crippen molar-refractivity contribution in [2.24, 2.45) is 0 Å². The monoisotopic (exact) mass is 367 g/mol. The van der Waals surface area contributed by atoms with Crippen molar-refractivity contribution < 1.29 is 19.1 Å². The highest BCUT2D eigenvalue weighted by molar-refractivity contribution is 5.94. The molecule has 3 rings (SSSR count). The van der Waals surface area contributed by atoms with Gasteiger partial charge in [-0.05, 0) is 49.1 Å². The molecule has 27 heavy (non-hydrogen) atoms. The van der Waals surface area contributed by atoms with Crippen molar-refractivity contribution in [2.75, 3.05) is 19.7 Å². The molecule has 1 saturated heterocycles. The summed E-state index contributed by atoms with van der Waals surface area (Å²) in [5.41, 5.74) is 1.56. The Morgan fingerprint density at radius 1 is 0.926 bits per heavy atom. The first kappa shape index (κ1) is 19.0. The van der Waals surface area contributed by atoms with Gasteiger partial charge >= 0.3 is 5.97 Å². The smallest absolute Gasteiger partial charge is 0.306 e. The van der Waals surface area contributed by atoms with Crippen molar-refractivity contribution in [1.82, 2.24) is 4.90 Å². The second-order valence-electron chi connectivity index (χ2n) is 6.62. The van der Waals surface area contributed by atoms with E-state index in [1.165, 1.54) is 0 Å². The third kappa shape index (κ3) is 5.84. The van der Waals surface area contributed by atoms with Gasteiger partial charge in [0.1, 0.15) is 12.4 Å². The van der Waals surface area contributed by atoms with Crippen LogP contribution in [0.1, 0.15) is 41.6 Å². The number of para-hydroxylation sites is 1. The van der Waals surface area contributed by atoms with Crippen LogP contribution in [0.3, 0.4) is 0 Å². The largest absolute Gasteiger partial charge is 0.494 e. The molecule has 0 aromatic heterocycles. The van der Waals surface area contributed by atoms with Gasteiger partial charge in [-0.1, -0.05) is 30.3 Å². The van der Waals surface area contributed by atoms with E-state index in [1.807, 2.05) is 47.4 Å². The van der Waals surface area contributed by atoms with Gasteiger partial charge < -0.3 is 14.4 Å². The molecule has 1 heterocycles. The van der Waals surface area contributed by atoms with Crippen molar-refractivity contribution in [3.8, 4) is 5.75 Å². The Hall–Kier alpha value is -2.82. The van der Waals surface area contributed by atoms with Crippen LogP contribution in [-0.4, -0.2) is 36.5 Å². The number of nitrogens with zero attached hydrogens (tertiary/aromatic N) is 1. The minimum absolute atomic E-state index is 0.0782. The molecule has 2 aromatic carbocycles. The second kappa shape index (κ2) is 9.76. The minimum atomic E-state index is -0.246. The van der Waals surface area contributed by atoms with Gasteiger partial charge in [-0.2, -0.15) is 0 Å². The zero-order chi connectivity index (χ0) is 18.9. The number of likely N-dealkylation sites (tertiary alicyclic amines) is 1. The summed E-state index contributed by atoms with van der Waals surface area (Å²) in [5, 5.41) is 0. The quantitative estimate of drug-likeness (QED) is 0.526. The van der Waals surface area contributed by atoms with E-state index in [1.54, 1.807) is 12.1 Å². The Kier molecular flexibility index (Phi) is 6.85. The van der Waals surface area contributed by atoms with E-state index in [-0.39, 0.29) is 18.5 Å². The summed E-state index contributed by atoms with van der Waals surface area (Å²) in [7, 11) is 0. The number of carbonyl (C=O) groups excluding carboxylic acids is 2. The molecule has 0 unspecified atom stereocenters. The summed E-state index contributed by atoms with van der Waals surface area (Å²) >= 11 is 0. The van der Waals surface area contributed by atoms with E-state index in [0.29, 0.717) is 25.0 Å². The molecule has 142 valence electrons. The fourth-order valence-electron chi connectivity index (χ4n) is 3.01. The second-order valence-corrected chi connectivity index (χ2v) is 6.62. The molecule has 0 spiro atoms. The summed E-state index contributed by atoms with van der Waals surface area (Å²) in [5.74, 6) is 0.632. The number of amides is 1. The standard InChI is InChI=1S/C22H25NO4/c24-21(9-6-16-26-20-7-2-1-3-8-20)27-17-18-10-12-19(13-11-18)22(25)23-14-4-5-15-23/h1-3,7-8,10-13H,4-6,9,14-17H2. The summed E-state index contributed by atoms with van der Waals surface area (Å²) in [6, 6.07) is 16.8. The van der Waals surface area contributed by atoms with E-state index in [9.17, 15) is 9.59 Å². The highest BCUT2D eigenvalue weighted by atomic mass is 16.5. The highest BCUT2D eigenvalue weighted by Crippen LogP contribution is 2.14. The van der Waals surface area contributed by atoms with Gasteiger partial charge in [-0.25, -0.2) is 0 Å². The molecule has 2 aromatic rings. The molecule has 5 nitrogen and oxygen atoms in total. The predicted molar refractivity (Wildman–Crippen MR) is 103 cm³/mol. The van der Waals surface area contributed by atoms with Gasteiger partial charge in [0, 0.05) is 25.1 Å². The van der Waals surface area contributed by atoms with Gasteiger partial charge in [0.15, 0.2) is 0 Å². The zero-order valence-corrected chi connectivity index (χ0v) is 15.4. The molecule has 1 amide bonds. The Labute approximate surface area is 159 Å². The first-order chi connectivity index (χ1) is 13.2. The number of hydrogen-bond donors (Lipinski definition) is 0. The molecule has 1 aliphatic heterocycles. The van der Waals surface area contributed by atoms with Crippen LogP contribution in [-0.2, 0) is 16.1 Å². The van der Waals surface area contributed by atoms with Gasteiger partial charge in [0.25, 0.3) is 5.91 Å². The molecule has 0 saturated carbocycles. The average Bonchev–Trinajstić information content (AvgIpc) is 3.25. The Balaban J connectivity index is 1.35. The molecule has 5 heteroatoms. The molecule has 0 aliphatic carbocycles. The maximum Gasteiger partial charge on any atom is 0.306 e. The van der Waals surface area contributed by atoms with Gasteiger partial charge in [-0.15, -0.1) is 0 Å². The maximum absolute atomic E-state index is 12.3. The van der Waals surface area contributed by atoms with Crippen LogP contribution < -0.4 is 4.74 Å². The van der Waals surface area contributed by atoms with E-state index in [0.717, 1.165) is 37.2 Å². The summed E-state index contributed by atoms with van der Waals surface area (Å²) in [4.78, 5) is 26.0. The van der Waals surface area contributed by atoms with Gasteiger partial charge in [-0.3, -0.25) is 9.59 Å². The first-order valence-electron chi connectivity index (χ1n) is 9.44. The summed E-state index contributed by atoms with van der Waals surface area (Å²) < 4.78 is 10.8. The number of benzene rings is 2. The number of carbonyl (C=O) groups is 2. The van der Waals surface area contributed by atoms with Crippen molar-refractivity contribution in [3.05, 3.63) is 65.7 Å². The lowest BCUT2D eigenvalue weighted by atomic mass is 10.1. The van der Waals surface area contributed by atoms with Crippen LogP contribution in [0.25, 0.3) is 0 Å². The Bertz CT molecular complexity index is 737. The van der Waals surface area contributed by atoms with E-state index >= 15 is 0 Å². The maximum atomic E-state index is 12.3. The van der Waals surface area contributed by atoms with Crippen LogP contribution in [0.2, 0.25) is 0 Å². The van der Waals surface area contributed by atoms with Crippen LogP contribution in [0.5, 0.6) is 5.75 Å². The predicted octanol–water partition coefficient (Wildman–Crippen LogP) is 3.83. The molecular formula is C22H25NO4. The van der Waals surface area contributed by atoms with Crippen LogP contribution in [0.15, 0.2) is 54.6 Å². The Morgan fingerprint density at radius 2 is 1.63 bits per heavy atom. The van der Waals surface area contributed by atoms with Crippen molar-refractivity contribution in [2.45, 2.75) is 32.3 Å². The number of hydrogen-bond acceptors (Lipinski definition) is 4. The third-order valence-electron chi connectivity index (χ3n) is 4.53. The number of esters is 1. The molecular weight excluding hydrogens is 342 g/mol. The lowest BCUT2D eigenvalue weighted by Gasteiger charge is -2.15. The lowest BCUT2D eigenvalue weighted by Crippen LogP contribution is -2.27. The van der Waals surface area contributed by atoms with Crippen LogP contribution in [0.4, 0.5) is 0 Å². The number of rotatable bonds is 8. The fourth-order valence-corrected chi connectivity index (χ4v) is 3.01. The molecule has 0 radical (unpaired) electrons. The van der Waals surface area contributed by atoms with E-state index < -0.39 is 0 Å². The van der Waals surface area contributed by atoms with Crippen molar-refractivity contribution in [1.29, 1.82) is 0 Å². The molecule has 1 aliphatic rings. The zero-order valence-electron chi connectivity index (χ0n) is 15.4. The highest BCUT2D eigenvalue weighted by Gasteiger charge is 2.19.